The molecule has 0 heterocycles. The molecule has 9 heavy (non-hydrogen) atoms. The van der Waals surface area contributed by atoms with Crippen molar-refractivity contribution >= 4 is 10.1 Å². The van der Waals surface area contributed by atoms with Crippen molar-refractivity contribution in [2.45, 2.75) is 13.8 Å². The molecule has 0 aromatic heterocycles. The lowest BCUT2D eigenvalue weighted by molar-refractivity contribution is 0.486. The summed E-state index contributed by atoms with van der Waals surface area (Å²) in [7, 11) is -3.80. The van der Waals surface area contributed by atoms with Gasteiger partial charge in [-0.05, 0) is 13.8 Å². The minimum absolute atomic E-state index is 0.282. The summed E-state index contributed by atoms with van der Waals surface area (Å²) in [5.41, 5.74) is 0.882. The lowest BCUT2D eigenvalue weighted by Gasteiger charge is -1.88. The maximum Gasteiger partial charge on any atom is 0.268 e. The first kappa shape index (κ1) is 8.65. The van der Waals surface area contributed by atoms with Crippen molar-refractivity contribution in [2.75, 3.05) is 5.75 Å². The Hall–Kier alpha value is -0.350. The number of rotatable bonds is 2. The third-order valence-electron chi connectivity index (χ3n) is 0.702. The summed E-state index contributed by atoms with van der Waals surface area (Å²) in [6.07, 6.45) is 1.45. The summed E-state index contributed by atoms with van der Waals surface area (Å²) < 4.78 is 28.3. The summed E-state index contributed by atoms with van der Waals surface area (Å²) in [6, 6.07) is 0. The molecule has 0 aliphatic carbocycles. The molecule has 0 radical (unpaired) electrons. The van der Waals surface area contributed by atoms with Gasteiger partial charge in [-0.25, -0.2) is 0 Å². The lowest BCUT2D eigenvalue weighted by atomic mass is 10.3. The van der Waals surface area contributed by atoms with Gasteiger partial charge in [-0.3, -0.25) is 4.55 Å². The van der Waals surface area contributed by atoms with Gasteiger partial charge in [0.2, 0.25) is 0 Å². The maximum absolute atomic E-state index is 10.0. The van der Waals surface area contributed by atoms with Crippen LogP contribution in [0.3, 0.4) is 0 Å². The quantitative estimate of drug-likeness (QED) is 0.468. The third kappa shape index (κ3) is 7.65. The molecule has 0 saturated carbocycles. The van der Waals surface area contributed by atoms with E-state index in [4.69, 9.17) is 4.55 Å². The average molecular weight is 150 g/mol. The Morgan fingerprint density at radius 2 is 2.00 bits per heavy atom. The van der Waals surface area contributed by atoms with Crippen molar-refractivity contribution < 1.29 is 13.0 Å². The molecule has 0 aromatic carbocycles. The van der Waals surface area contributed by atoms with Gasteiger partial charge in [-0.2, -0.15) is 8.42 Å². The second kappa shape index (κ2) is 2.98. The van der Waals surface area contributed by atoms with E-state index in [9.17, 15) is 8.42 Å². The Balaban J connectivity index is 3.95. The zero-order valence-electron chi connectivity index (χ0n) is 5.46. The molecule has 0 aromatic rings. The molecular weight excluding hydrogens is 140 g/mol. The normalized spacial score (nSPS) is 11.0. The highest BCUT2D eigenvalue weighted by Gasteiger charge is 1.98. The predicted octanol–water partition coefficient (Wildman–Crippen LogP) is 0.840. The SMILES string of the molecule is CC(C)=CCS(=O)(=O)O. The number of allylic oxidation sites excluding steroid dienone is 1. The minimum Gasteiger partial charge on any atom is -0.285 e. The van der Waals surface area contributed by atoms with E-state index in [-0.39, 0.29) is 5.75 Å². The van der Waals surface area contributed by atoms with Crippen LogP contribution in [0.4, 0.5) is 0 Å². The third-order valence-corrected chi connectivity index (χ3v) is 1.29. The van der Waals surface area contributed by atoms with Gasteiger partial charge >= 0.3 is 0 Å². The second-order valence-corrected chi connectivity index (χ2v) is 3.53. The van der Waals surface area contributed by atoms with Crippen molar-refractivity contribution in [1.29, 1.82) is 0 Å². The summed E-state index contributed by atoms with van der Waals surface area (Å²) in [6.45, 7) is 3.54. The molecule has 0 saturated heterocycles. The van der Waals surface area contributed by atoms with Crippen LogP contribution in [0.25, 0.3) is 0 Å². The fourth-order valence-electron chi connectivity index (χ4n) is 0.272. The molecule has 3 nitrogen and oxygen atoms in total. The maximum atomic E-state index is 10.0. The predicted molar refractivity (Wildman–Crippen MR) is 35.8 cm³/mol. The molecular formula is C5H10O3S. The van der Waals surface area contributed by atoms with Crippen LogP contribution in [0, 0.1) is 0 Å². The van der Waals surface area contributed by atoms with Crippen molar-refractivity contribution in [1.82, 2.24) is 0 Å². The monoisotopic (exact) mass is 150 g/mol. The summed E-state index contributed by atoms with van der Waals surface area (Å²) in [5.74, 6) is -0.282. The van der Waals surface area contributed by atoms with Crippen LogP contribution in [-0.2, 0) is 10.1 Å². The summed E-state index contributed by atoms with van der Waals surface area (Å²) >= 11 is 0. The van der Waals surface area contributed by atoms with Gasteiger partial charge in [-0.1, -0.05) is 11.6 Å². The van der Waals surface area contributed by atoms with E-state index in [0.29, 0.717) is 0 Å². The Kier molecular flexibility index (Phi) is 2.87. The first-order valence-corrected chi connectivity index (χ1v) is 4.11. The zero-order chi connectivity index (χ0) is 7.49. The first-order valence-electron chi connectivity index (χ1n) is 2.50. The minimum atomic E-state index is -3.80. The second-order valence-electron chi connectivity index (χ2n) is 2.03. The fraction of sp³-hybridized carbons (Fsp3) is 0.600. The van der Waals surface area contributed by atoms with Crippen LogP contribution in [0.15, 0.2) is 11.6 Å². The molecule has 54 valence electrons. The molecule has 0 aliphatic rings. The highest BCUT2D eigenvalue weighted by molar-refractivity contribution is 7.85. The van der Waals surface area contributed by atoms with Gasteiger partial charge in [0.15, 0.2) is 0 Å². The van der Waals surface area contributed by atoms with Crippen molar-refractivity contribution in [3.63, 3.8) is 0 Å². The van der Waals surface area contributed by atoms with Crippen molar-refractivity contribution in [3.05, 3.63) is 11.6 Å². The zero-order valence-corrected chi connectivity index (χ0v) is 6.27. The topological polar surface area (TPSA) is 54.4 Å². The molecule has 0 rings (SSSR count). The van der Waals surface area contributed by atoms with E-state index in [1.165, 1.54) is 6.08 Å². The molecule has 0 bridgehead atoms. The summed E-state index contributed by atoms with van der Waals surface area (Å²) in [4.78, 5) is 0. The Morgan fingerprint density at radius 3 is 2.11 bits per heavy atom. The van der Waals surface area contributed by atoms with Gasteiger partial charge in [-0.15, -0.1) is 0 Å². The lowest BCUT2D eigenvalue weighted by Crippen LogP contribution is -2.00. The molecule has 0 unspecified atom stereocenters. The molecule has 0 atom stereocenters. The largest absolute Gasteiger partial charge is 0.285 e. The van der Waals surface area contributed by atoms with Crippen molar-refractivity contribution in [3.8, 4) is 0 Å². The number of hydrogen-bond acceptors (Lipinski definition) is 2. The van der Waals surface area contributed by atoms with Gasteiger partial charge in [0.05, 0.1) is 5.75 Å². The fourth-order valence-corrected chi connectivity index (χ4v) is 0.816. The van der Waals surface area contributed by atoms with Crippen LogP contribution >= 0.6 is 0 Å². The number of hydrogen-bond donors (Lipinski definition) is 1. The molecule has 0 amide bonds. The first-order chi connectivity index (χ1) is 3.92. The average Bonchev–Trinajstić information content (AvgIpc) is 1.59. The van der Waals surface area contributed by atoms with Crippen LogP contribution < -0.4 is 0 Å². The van der Waals surface area contributed by atoms with Crippen LogP contribution in [-0.4, -0.2) is 18.7 Å². The Bertz CT molecular complexity index is 196. The smallest absolute Gasteiger partial charge is 0.268 e. The summed E-state index contributed by atoms with van der Waals surface area (Å²) in [5, 5.41) is 0. The molecule has 0 aliphatic heterocycles. The van der Waals surface area contributed by atoms with E-state index in [2.05, 4.69) is 0 Å². The van der Waals surface area contributed by atoms with Gasteiger partial charge in [0.1, 0.15) is 0 Å². The molecule has 0 fully saturated rings. The van der Waals surface area contributed by atoms with Crippen LogP contribution in [0.5, 0.6) is 0 Å². The molecule has 0 spiro atoms. The van der Waals surface area contributed by atoms with Gasteiger partial charge in [0, 0.05) is 0 Å². The van der Waals surface area contributed by atoms with E-state index in [1.54, 1.807) is 13.8 Å². The van der Waals surface area contributed by atoms with E-state index in [1.807, 2.05) is 0 Å². The Morgan fingerprint density at radius 1 is 1.56 bits per heavy atom. The van der Waals surface area contributed by atoms with Gasteiger partial charge < -0.3 is 0 Å². The van der Waals surface area contributed by atoms with Gasteiger partial charge in [0.25, 0.3) is 10.1 Å². The van der Waals surface area contributed by atoms with E-state index in [0.717, 1.165) is 5.57 Å². The highest BCUT2D eigenvalue weighted by atomic mass is 32.2. The standard InChI is InChI=1S/C5H10O3S/c1-5(2)3-4-9(6,7)8/h3H,4H2,1-2H3,(H,6,7,8). The van der Waals surface area contributed by atoms with Crippen LogP contribution in [0.1, 0.15) is 13.8 Å². The van der Waals surface area contributed by atoms with E-state index < -0.39 is 10.1 Å². The molecule has 4 heteroatoms. The Labute approximate surface area is 55.1 Å². The van der Waals surface area contributed by atoms with Crippen LogP contribution in [0.2, 0.25) is 0 Å². The van der Waals surface area contributed by atoms with Crippen molar-refractivity contribution in [2.24, 2.45) is 0 Å². The molecule has 1 N–H and O–H groups in total. The highest BCUT2D eigenvalue weighted by Crippen LogP contribution is 1.90. The van der Waals surface area contributed by atoms with E-state index >= 15 is 0 Å².